The molecule has 128 valence electrons. The predicted octanol–water partition coefficient (Wildman–Crippen LogP) is 3.55. The molecular weight excluding hydrogens is 312 g/mol. The number of hydrogen-bond acceptors (Lipinski definition) is 4. The highest BCUT2D eigenvalue weighted by molar-refractivity contribution is 6.30. The maximum Gasteiger partial charge on any atom is 0.159 e. The molecule has 2 aromatic heterocycles. The molecule has 0 atom stereocenters. The zero-order valence-electron chi connectivity index (χ0n) is 14.4. The van der Waals surface area contributed by atoms with Gasteiger partial charge in [0.15, 0.2) is 5.65 Å². The SMILES string of the molecule is CC(C)n1ncc2cc(CNCCCC(C)(C)CO)c(Cl)nc21. The van der Waals surface area contributed by atoms with E-state index in [2.05, 4.69) is 49.2 Å². The molecule has 0 fully saturated rings. The maximum atomic E-state index is 9.25. The highest BCUT2D eigenvalue weighted by atomic mass is 35.5. The van der Waals surface area contributed by atoms with Crippen molar-refractivity contribution in [2.45, 2.75) is 53.1 Å². The number of pyridine rings is 1. The van der Waals surface area contributed by atoms with Gasteiger partial charge in [-0.05, 0) is 44.7 Å². The Morgan fingerprint density at radius 3 is 2.78 bits per heavy atom. The number of fused-ring (bicyclic) bond motifs is 1. The highest BCUT2D eigenvalue weighted by Crippen LogP contribution is 2.23. The fourth-order valence-corrected chi connectivity index (χ4v) is 2.70. The second-order valence-electron chi connectivity index (χ2n) is 7.14. The van der Waals surface area contributed by atoms with Crippen molar-refractivity contribution in [1.29, 1.82) is 0 Å². The largest absolute Gasteiger partial charge is 0.396 e. The van der Waals surface area contributed by atoms with Crippen LogP contribution in [0.25, 0.3) is 11.0 Å². The molecule has 0 aliphatic carbocycles. The van der Waals surface area contributed by atoms with Crippen molar-refractivity contribution in [2.24, 2.45) is 5.41 Å². The van der Waals surface area contributed by atoms with E-state index in [1.54, 1.807) is 0 Å². The minimum Gasteiger partial charge on any atom is -0.396 e. The van der Waals surface area contributed by atoms with E-state index in [0.29, 0.717) is 11.7 Å². The van der Waals surface area contributed by atoms with Crippen LogP contribution in [0.1, 0.15) is 52.1 Å². The third-order valence-electron chi connectivity index (χ3n) is 4.03. The van der Waals surface area contributed by atoms with Gasteiger partial charge >= 0.3 is 0 Å². The molecule has 0 amide bonds. The van der Waals surface area contributed by atoms with Crippen molar-refractivity contribution in [3.8, 4) is 0 Å². The first-order valence-corrected chi connectivity index (χ1v) is 8.56. The van der Waals surface area contributed by atoms with Crippen molar-refractivity contribution in [3.05, 3.63) is 23.0 Å². The number of aliphatic hydroxyl groups excluding tert-OH is 1. The van der Waals surface area contributed by atoms with Gasteiger partial charge in [0.1, 0.15) is 5.15 Å². The Balaban J connectivity index is 1.95. The third-order valence-corrected chi connectivity index (χ3v) is 4.36. The molecule has 23 heavy (non-hydrogen) atoms. The lowest BCUT2D eigenvalue weighted by atomic mass is 9.89. The smallest absolute Gasteiger partial charge is 0.159 e. The summed E-state index contributed by atoms with van der Waals surface area (Å²) in [4.78, 5) is 4.50. The molecule has 0 spiro atoms. The molecule has 0 aromatic carbocycles. The molecule has 2 aromatic rings. The van der Waals surface area contributed by atoms with E-state index in [1.807, 2.05) is 10.9 Å². The summed E-state index contributed by atoms with van der Waals surface area (Å²) in [7, 11) is 0. The van der Waals surface area contributed by atoms with Gasteiger partial charge in [0.05, 0.1) is 6.20 Å². The Kier molecular flexibility index (Phi) is 6.00. The van der Waals surface area contributed by atoms with Crippen LogP contribution in [0.5, 0.6) is 0 Å². The standard InChI is InChI=1S/C17H27ClN4O/c1-12(2)22-16-14(10-20-22)8-13(15(18)21-16)9-19-7-5-6-17(3,4)11-23/h8,10,12,19,23H,5-7,9,11H2,1-4H3. The van der Waals surface area contributed by atoms with Crippen molar-refractivity contribution in [1.82, 2.24) is 20.1 Å². The number of halogens is 1. The highest BCUT2D eigenvalue weighted by Gasteiger charge is 2.15. The fraction of sp³-hybridized carbons (Fsp3) is 0.647. The van der Waals surface area contributed by atoms with E-state index in [1.165, 1.54) is 0 Å². The van der Waals surface area contributed by atoms with Crippen LogP contribution >= 0.6 is 11.6 Å². The molecule has 2 rings (SSSR count). The minimum atomic E-state index is -0.00871. The summed E-state index contributed by atoms with van der Waals surface area (Å²) in [6.45, 7) is 10.1. The number of nitrogens with one attached hydrogen (secondary N) is 1. The minimum absolute atomic E-state index is 0.00871. The van der Waals surface area contributed by atoms with Crippen LogP contribution in [0.3, 0.4) is 0 Å². The summed E-state index contributed by atoms with van der Waals surface area (Å²) >= 11 is 6.32. The number of hydrogen-bond donors (Lipinski definition) is 2. The molecule has 0 aliphatic heterocycles. The van der Waals surface area contributed by atoms with E-state index in [4.69, 9.17) is 11.6 Å². The fourth-order valence-electron chi connectivity index (χ4n) is 2.49. The molecule has 0 aliphatic rings. The summed E-state index contributed by atoms with van der Waals surface area (Å²) in [6.07, 6.45) is 3.85. The molecule has 5 nitrogen and oxygen atoms in total. The van der Waals surface area contributed by atoms with E-state index in [0.717, 1.165) is 36.0 Å². The van der Waals surface area contributed by atoms with Gasteiger partial charge in [-0.15, -0.1) is 0 Å². The van der Waals surface area contributed by atoms with Gasteiger partial charge in [0.2, 0.25) is 0 Å². The van der Waals surface area contributed by atoms with E-state index >= 15 is 0 Å². The zero-order valence-corrected chi connectivity index (χ0v) is 15.2. The first-order valence-electron chi connectivity index (χ1n) is 8.18. The van der Waals surface area contributed by atoms with Crippen LogP contribution in [-0.2, 0) is 6.54 Å². The quantitative estimate of drug-likeness (QED) is 0.570. The molecule has 0 bridgehead atoms. The van der Waals surface area contributed by atoms with Crippen molar-refractivity contribution in [2.75, 3.05) is 13.2 Å². The third kappa shape index (κ3) is 4.66. The molecule has 0 radical (unpaired) electrons. The van der Waals surface area contributed by atoms with Crippen LogP contribution in [0.2, 0.25) is 5.15 Å². The van der Waals surface area contributed by atoms with Crippen LogP contribution in [0.15, 0.2) is 12.3 Å². The predicted molar refractivity (Wildman–Crippen MR) is 94.7 cm³/mol. The van der Waals surface area contributed by atoms with Gasteiger partial charge in [-0.25, -0.2) is 9.67 Å². The molecule has 0 saturated carbocycles. The van der Waals surface area contributed by atoms with Crippen LogP contribution in [0.4, 0.5) is 0 Å². The monoisotopic (exact) mass is 338 g/mol. The summed E-state index contributed by atoms with van der Waals surface area (Å²) in [6, 6.07) is 2.32. The Labute approximate surface area is 143 Å². The van der Waals surface area contributed by atoms with Crippen molar-refractivity contribution in [3.63, 3.8) is 0 Å². The lowest BCUT2D eigenvalue weighted by molar-refractivity contribution is 0.148. The number of aromatic nitrogens is 3. The lowest BCUT2D eigenvalue weighted by Crippen LogP contribution is -2.21. The van der Waals surface area contributed by atoms with Crippen molar-refractivity contribution < 1.29 is 5.11 Å². The number of aliphatic hydroxyl groups is 1. The molecule has 0 saturated heterocycles. The van der Waals surface area contributed by atoms with Gasteiger partial charge in [0, 0.05) is 30.1 Å². The second-order valence-corrected chi connectivity index (χ2v) is 7.49. The van der Waals surface area contributed by atoms with Crippen LogP contribution < -0.4 is 5.32 Å². The summed E-state index contributed by atoms with van der Waals surface area (Å²) in [5, 5.41) is 18.6. The van der Waals surface area contributed by atoms with Gasteiger partial charge in [0.25, 0.3) is 0 Å². The average molecular weight is 339 g/mol. The molecular formula is C17H27ClN4O. The average Bonchev–Trinajstić information content (AvgIpc) is 2.89. The topological polar surface area (TPSA) is 63.0 Å². The second kappa shape index (κ2) is 7.60. The first-order chi connectivity index (χ1) is 10.8. The van der Waals surface area contributed by atoms with E-state index < -0.39 is 0 Å². The van der Waals surface area contributed by atoms with Gasteiger partial charge in [-0.1, -0.05) is 25.4 Å². The van der Waals surface area contributed by atoms with Crippen LogP contribution in [-0.4, -0.2) is 33.0 Å². The number of nitrogens with zero attached hydrogens (tertiary/aromatic N) is 3. The van der Waals surface area contributed by atoms with E-state index in [-0.39, 0.29) is 18.1 Å². The molecule has 6 heteroatoms. The van der Waals surface area contributed by atoms with E-state index in [9.17, 15) is 5.11 Å². The zero-order chi connectivity index (χ0) is 17.0. The summed E-state index contributed by atoms with van der Waals surface area (Å²) < 4.78 is 1.88. The normalized spacial score (nSPS) is 12.5. The molecule has 2 heterocycles. The first kappa shape index (κ1) is 18.2. The van der Waals surface area contributed by atoms with Gasteiger partial charge < -0.3 is 10.4 Å². The summed E-state index contributed by atoms with van der Waals surface area (Å²) in [5.74, 6) is 0. The summed E-state index contributed by atoms with van der Waals surface area (Å²) in [5.41, 5.74) is 1.81. The Morgan fingerprint density at radius 2 is 2.13 bits per heavy atom. The number of rotatable bonds is 8. The van der Waals surface area contributed by atoms with Crippen LogP contribution in [0, 0.1) is 5.41 Å². The van der Waals surface area contributed by atoms with Gasteiger partial charge in [-0.2, -0.15) is 5.10 Å². The maximum absolute atomic E-state index is 9.25. The Morgan fingerprint density at radius 1 is 1.39 bits per heavy atom. The molecule has 0 unspecified atom stereocenters. The molecule has 2 N–H and O–H groups in total. The Hall–Kier alpha value is -1.17. The Bertz CT molecular complexity index is 651. The van der Waals surface area contributed by atoms with Gasteiger partial charge in [-0.3, -0.25) is 0 Å². The lowest BCUT2D eigenvalue weighted by Gasteiger charge is -2.21. The van der Waals surface area contributed by atoms with Crippen molar-refractivity contribution >= 4 is 22.6 Å².